The number of hydrogen-bond donors (Lipinski definition) is 3. The second kappa shape index (κ2) is 7.36. The van der Waals surface area contributed by atoms with Crippen molar-refractivity contribution in [3.05, 3.63) is 45.2 Å². The number of halogens is 4. The van der Waals surface area contributed by atoms with E-state index < -0.39 is 28.5 Å². The van der Waals surface area contributed by atoms with Crippen molar-refractivity contribution in [3.8, 4) is 0 Å². The first kappa shape index (κ1) is 19.1. The molecule has 0 aliphatic carbocycles. The normalized spacial score (nSPS) is 12.7. The van der Waals surface area contributed by atoms with Crippen molar-refractivity contribution in [1.29, 1.82) is 0 Å². The number of aromatic nitrogens is 2. The van der Waals surface area contributed by atoms with Gasteiger partial charge in [0.1, 0.15) is 5.82 Å². The van der Waals surface area contributed by atoms with Crippen molar-refractivity contribution in [2.75, 3.05) is 11.1 Å². The van der Waals surface area contributed by atoms with Gasteiger partial charge in [0.25, 0.3) is 5.56 Å². The van der Waals surface area contributed by atoms with Gasteiger partial charge in [-0.25, -0.2) is 4.98 Å². The van der Waals surface area contributed by atoms with Crippen molar-refractivity contribution in [3.63, 3.8) is 0 Å². The van der Waals surface area contributed by atoms with Gasteiger partial charge >= 0.3 is 6.18 Å². The summed E-state index contributed by atoms with van der Waals surface area (Å²) in [6.07, 6.45) is -4.56. The van der Waals surface area contributed by atoms with Gasteiger partial charge in [0.2, 0.25) is 5.91 Å². The van der Waals surface area contributed by atoms with E-state index in [4.69, 9.17) is 17.3 Å². The first-order chi connectivity index (χ1) is 11.6. The van der Waals surface area contributed by atoms with Crippen LogP contribution in [-0.2, 0) is 11.0 Å². The van der Waals surface area contributed by atoms with Gasteiger partial charge in [0.15, 0.2) is 5.16 Å². The third-order valence-corrected chi connectivity index (χ3v) is 4.26. The van der Waals surface area contributed by atoms with E-state index >= 15 is 0 Å². The largest absolute Gasteiger partial charge is 0.416 e. The number of nitrogen functional groups attached to an aromatic ring is 1. The number of alkyl halides is 3. The summed E-state index contributed by atoms with van der Waals surface area (Å²) in [6, 6.07) is 3.70. The van der Waals surface area contributed by atoms with Crippen LogP contribution in [0.3, 0.4) is 0 Å². The molecule has 1 atom stereocenters. The summed E-state index contributed by atoms with van der Waals surface area (Å²) in [5, 5.41) is 1.63. The lowest BCUT2D eigenvalue weighted by atomic mass is 10.2. The summed E-state index contributed by atoms with van der Waals surface area (Å²) in [6.45, 7) is 1.49. The fourth-order valence-corrected chi connectivity index (χ4v) is 2.75. The summed E-state index contributed by atoms with van der Waals surface area (Å²) in [4.78, 5) is 29.8. The van der Waals surface area contributed by atoms with Crippen LogP contribution in [0.25, 0.3) is 0 Å². The molecule has 0 aliphatic rings. The zero-order valence-corrected chi connectivity index (χ0v) is 14.2. The Morgan fingerprint density at radius 2 is 2.08 bits per heavy atom. The maximum absolute atomic E-state index is 12.7. The van der Waals surface area contributed by atoms with Gasteiger partial charge in [0.05, 0.1) is 21.5 Å². The number of H-pyrrole nitrogens is 1. The Bertz CT molecular complexity index is 857. The predicted octanol–water partition coefficient (Wildman–Crippen LogP) is 3.14. The Balaban J connectivity index is 2.14. The topological polar surface area (TPSA) is 101 Å². The smallest absolute Gasteiger partial charge is 0.383 e. The summed E-state index contributed by atoms with van der Waals surface area (Å²) in [7, 11) is 0. The number of thioether (sulfide) groups is 1. The van der Waals surface area contributed by atoms with E-state index in [1.165, 1.54) is 6.92 Å². The number of benzene rings is 1. The maximum Gasteiger partial charge on any atom is 0.416 e. The number of hydrogen-bond acceptors (Lipinski definition) is 5. The van der Waals surface area contributed by atoms with E-state index in [1.807, 2.05) is 0 Å². The molecule has 0 spiro atoms. The molecule has 1 aromatic carbocycles. The molecule has 1 heterocycles. The van der Waals surface area contributed by atoms with Crippen molar-refractivity contribution in [2.45, 2.75) is 23.5 Å². The predicted molar refractivity (Wildman–Crippen MR) is 89.7 cm³/mol. The molecule has 11 heteroatoms. The molecule has 0 saturated carbocycles. The van der Waals surface area contributed by atoms with Crippen LogP contribution in [0.5, 0.6) is 0 Å². The maximum atomic E-state index is 12.7. The van der Waals surface area contributed by atoms with Crippen LogP contribution in [0, 0.1) is 0 Å². The highest BCUT2D eigenvalue weighted by Crippen LogP contribution is 2.34. The average Bonchev–Trinajstić information content (AvgIpc) is 2.47. The van der Waals surface area contributed by atoms with Crippen LogP contribution in [-0.4, -0.2) is 21.1 Å². The van der Waals surface area contributed by atoms with Crippen molar-refractivity contribution in [2.24, 2.45) is 0 Å². The monoisotopic (exact) mass is 392 g/mol. The molecule has 4 N–H and O–H groups in total. The van der Waals surface area contributed by atoms with Crippen molar-refractivity contribution >= 4 is 40.8 Å². The molecule has 0 radical (unpaired) electrons. The van der Waals surface area contributed by atoms with Gasteiger partial charge in [-0.15, -0.1) is 0 Å². The van der Waals surface area contributed by atoms with Crippen LogP contribution in [0.2, 0.25) is 5.02 Å². The number of nitrogens with one attached hydrogen (secondary N) is 2. The fourth-order valence-electron chi connectivity index (χ4n) is 1.76. The molecule has 0 bridgehead atoms. The van der Waals surface area contributed by atoms with Crippen LogP contribution < -0.4 is 16.6 Å². The molecule has 1 unspecified atom stereocenters. The lowest BCUT2D eigenvalue weighted by Crippen LogP contribution is -2.23. The molecule has 0 aliphatic heterocycles. The molecule has 6 nitrogen and oxygen atoms in total. The van der Waals surface area contributed by atoms with Gasteiger partial charge in [-0.05, 0) is 25.1 Å². The number of aromatic amines is 1. The zero-order valence-electron chi connectivity index (χ0n) is 12.6. The van der Waals surface area contributed by atoms with Gasteiger partial charge in [-0.2, -0.15) is 13.2 Å². The van der Waals surface area contributed by atoms with Crippen molar-refractivity contribution < 1.29 is 18.0 Å². The number of nitrogens with two attached hydrogens (primary N) is 1. The van der Waals surface area contributed by atoms with Crippen molar-refractivity contribution in [1.82, 2.24) is 9.97 Å². The standard InChI is InChI=1S/C14H12ClF3N4O2S/c1-6(25-13-21-10(19)5-11(23)22-13)12(24)20-9-4-7(14(16,17)18)2-3-8(9)15/h2-6H,1H3,(H,20,24)(H3,19,21,22,23). The minimum Gasteiger partial charge on any atom is -0.383 e. The van der Waals surface area contributed by atoms with Crippen LogP contribution >= 0.6 is 23.4 Å². The number of rotatable bonds is 4. The van der Waals surface area contributed by atoms with Gasteiger partial charge in [-0.3, -0.25) is 9.59 Å². The molecule has 0 saturated heterocycles. The van der Waals surface area contributed by atoms with Crippen LogP contribution in [0.1, 0.15) is 12.5 Å². The highest BCUT2D eigenvalue weighted by molar-refractivity contribution is 8.00. The Morgan fingerprint density at radius 1 is 1.40 bits per heavy atom. The summed E-state index contributed by atoms with van der Waals surface area (Å²) in [5.41, 5.74) is 3.86. The first-order valence-electron chi connectivity index (χ1n) is 6.77. The van der Waals surface area contributed by atoms with Gasteiger partial charge in [0, 0.05) is 6.07 Å². The number of nitrogens with zero attached hydrogens (tertiary/aromatic N) is 1. The molecular formula is C14H12ClF3N4O2S. The van der Waals surface area contributed by atoms with E-state index in [-0.39, 0.29) is 21.7 Å². The number of amides is 1. The first-order valence-corrected chi connectivity index (χ1v) is 8.03. The molecule has 1 amide bonds. The van der Waals surface area contributed by atoms with Crippen LogP contribution in [0.15, 0.2) is 34.2 Å². The van der Waals surface area contributed by atoms with E-state index in [2.05, 4.69) is 15.3 Å². The molecule has 1 aromatic heterocycles. The second-order valence-corrected chi connectivity index (χ2v) is 6.65. The summed E-state index contributed by atoms with van der Waals surface area (Å²) < 4.78 is 38.2. The summed E-state index contributed by atoms with van der Waals surface area (Å²) in [5.74, 6) is -0.629. The molecule has 25 heavy (non-hydrogen) atoms. The molecule has 134 valence electrons. The fraction of sp³-hybridized carbons (Fsp3) is 0.214. The van der Waals surface area contributed by atoms with Gasteiger partial charge < -0.3 is 16.0 Å². The van der Waals surface area contributed by atoms with E-state index in [1.54, 1.807) is 0 Å². The molecule has 2 rings (SSSR count). The third kappa shape index (κ3) is 5.13. The molecule has 0 fully saturated rings. The Morgan fingerprint density at radius 3 is 2.68 bits per heavy atom. The number of carbonyl (C=O) groups excluding carboxylic acids is 1. The van der Waals surface area contributed by atoms with E-state index in [0.29, 0.717) is 0 Å². The Hall–Kier alpha value is -2.20. The van der Waals surface area contributed by atoms with Crippen LogP contribution in [0.4, 0.5) is 24.7 Å². The lowest BCUT2D eigenvalue weighted by molar-refractivity contribution is -0.137. The van der Waals surface area contributed by atoms with E-state index in [0.717, 1.165) is 36.0 Å². The zero-order chi connectivity index (χ0) is 18.8. The SMILES string of the molecule is CC(Sc1nc(N)cc(=O)[nH]1)C(=O)Nc1cc(C(F)(F)F)ccc1Cl. The second-order valence-electron chi connectivity index (χ2n) is 4.92. The minimum absolute atomic E-state index is 0.0141. The highest BCUT2D eigenvalue weighted by Gasteiger charge is 2.31. The lowest BCUT2D eigenvalue weighted by Gasteiger charge is -2.14. The molecule has 2 aromatic rings. The molecular weight excluding hydrogens is 381 g/mol. The Kier molecular flexibility index (Phi) is 5.63. The summed E-state index contributed by atoms with van der Waals surface area (Å²) >= 11 is 6.72. The van der Waals surface area contributed by atoms with E-state index in [9.17, 15) is 22.8 Å². The number of carbonyl (C=O) groups is 1. The Labute approximate surface area is 149 Å². The third-order valence-electron chi connectivity index (χ3n) is 2.95. The average molecular weight is 393 g/mol. The number of anilines is 2. The minimum atomic E-state index is -4.56. The highest BCUT2D eigenvalue weighted by atomic mass is 35.5. The quantitative estimate of drug-likeness (QED) is 0.548. The van der Waals surface area contributed by atoms with Gasteiger partial charge in [-0.1, -0.05) is 23.4 Å².